The van der Waals surface area contributed by atoms with Crippen LogP contribution in [0.25, 0.3) is 45.1 Å². The highest BCUT2D eigenvalue weighted by molar-refractivity contribution is 5.79. The summed E-state index contributed by atoms with van der Waals surface area (Å²) in [4.78, 5) is 9.17. The summed E-state index contributed by atoms with van der Waals surface area (Å²) < 4.78 is 11.8. The minimum Gasteiger partial charge on any atom is -0.436 e. The van der Waals surface area contributed by atoms with Gasteiger partial charge < -0.3 is 8.83 Å². The van der Waals surface area contributed by atoms with Crippen LogP contribution >= 0.6 is 0 Å². The third-order valence-corrected chi connectivity index (χ3v) is 4.16. The molecular formula is C25H26N2O2. The largest absolute Gasteiger partial charge is 0.436 e. The minimum atomic E-state index is 0.599. The number of fused-ring (bicyclic) bond motifs is 2. The maximum Gasteiger partial charge on any atom is 0.227 e. The fourth-order valence-corrected chi connectivity index (χ4v) is 3.02. The average molecular weight is 386 g/mol. The summed E-state index contributed by atoms with van der Waals surface area (Å²) in [5, 5.41) is 0. The molecule has 0 radical (unpaired) electrons. The van der Waals surface area contributed by atoms with Crippen molar-refractivity contribution in [3.05, 3.63) is 72.3 Å². The van der Waals surface area contributed by atoms with Crippen molar-refractivity contribution in [2.75, 3.05) is 0 Å². The van der Waals surface area contributed by atoms with Crippen molar-refractivity contribution in [3.8, 4) is 22.9 Å². The van der Waals surface area contributed by atoms with Crippen LogP contribution in [0.5, 0.6) is 0 Å². The summed E-state index contributed by atoms with van der Waals surface area (Å²) in [5.41, 5.74) is 6.17. The molecule has 0 spiro atoms. The molecule has 4 nitrogen and oxygen atoms in total. The van der Waals surface area contributed by atoms with Crippen LogP contribution in [-0.4, -0.2) is 9.97 Å². The van der Waals surface area contributed by atoms with Crippen molar-refractivity contribution in [2.45, 2.75) is 34.6 Å². The van der Waals surface area contributed by atoms with Crippen molar-refractivity contribution in [1.82, 2.24) is 9.97 Å². The first-order valence-electron chi connectivity index (χ1n) is 10.1. The molecule has 4 heteroatoms. The summed E-state index contributed by atoms with van der Waals surface area (Å²) in [6, 6.07) is 21.6. The van der Waals surface area contributed by atoms with E-state index in [0.717, 1.165) is 38.9 Å². The van der Waals surface area contributed by atoms with Gasteiger partial charge in [-0.3, -0.25) is 0 Å². The Morgan fingerprint density at radius 3 is 1.41 bits per heavy atom. The van der Waals surface area contributed by atoms with Crippen molar-refractivity contribution in [2.24, 2.45) is 0 Å². The fraction of sp³-hybridized carbons (Fsp3) is 0.200. The van der Waals surface area contributed by atoms with Crippen molar-refractivity contribution >= 4 is 22.2 Å². The van der Waals surface area contributed by atoms with Crippen LogP contribution in [0.1, 0.15) is 33.3 Å². The maximum absolute atomic E-state index is 5.90. The molecule has 5 aromatic rings. The molecular weight excluding hydrogens is 360 g/mol. The van der Waals surface area contributed by atoms with Gasteiger partial charge in [0.1, 0.15) is 11.0 Å². The van der Waals surface area contributed by atoms with Gasteiger partial charge in [0.25, 0.3) is 0 Å². The Kier molecular flexibility index (Phi) is 6.45. The molecule has 0 bridgehead atoms. The molecule has 3 aromatic carbocycles. The van der Waals surface area contributed by atoms with Gasteiger partial charge in [-0.2, -0.15) is 0 Å². The number of hydrogen-bond acceptors (Lipinski definition) is 4. The SMILES string of the molecule is CC.CC.Cc1cc(-c2nc3ccccc3o2)cc(-c2nc3ccccc3o2)c1. The second-order valence-electron chi connectivity index (χ2n) is 6.06. The van der Waals surface area contributed by atoms with Gasteiger partial charge in [-0.15, -0.1) is 0 Å². The second kappa shape index (κ2) is 9.20. The molecule has 2 heterocycles. The lowest BCUT2D eigenvalue weighted by Gasteiger charge is -2.02. The predicted molar refractivity (Wildman–Crippen MR) is 120 cm³/mol. The first-order valence-corrected chi connectivity index (χ1v) is 10.1. The second-order valence-corrected chi connectivity index (χ2v) is 6.06. The van der Waals surface area contributed by atoms with Crippen LogP contribution in [0.15, 0.2) is 75.6 Å². The molecule has 0 fully saturated rings. The zero-order chi connectivity index (χ0) is 20.8. The number of para-hydroxylation sites is 4. The molecule has 0 unspecified atom stereocenters. The Hall–Kier alpha value is -3.40. The molecule has 0 aliphatic carbocycles. The van der Waals surface area contributed by atoms with Crippen LogP contribution in [0.3, 0.4) is 0 Å². The molecule has 0 amide bonds. The van der Waals surface area contributed by atoms with E-state index in [-0.39, 0.29) is 0 Å². The van der Waals surface area contributed by atoms with E-state index in [1.54, 1.807) is 0 Å². The zero-order valence-electron chi connectivity index (χ0n) is 17.6. The van der Waals surface area contributed by atoms with E-state index in [4.69, 9.17) is 8.83 Å². The Morgan fingerprint density at radius 1 is 0.586 bits per heavy atom. The Labute approximate surface area is 171 Å². The van der Waals surface area contributed by atoms with Crippen LogP contribution in [0.2, 0.25) is 0 Å². The lowest BCUT2D eigenvalue weighted by atomic mass is 10.1. The normalized spacial score (nSPS) is 10.2. The zero-order valence-corrected chi connectivity index (χ0v) is 17.6. The summed E-state index contributed by atoms with van der Waals surface area (Å²) in [7, 11) is 0. The monoisotopic (exact) mass is 386 g/mol. The Balaban J connectivity index is 0.000000568. The third-order valence-electron chi connectivity index (χ3n) is 4.16. The highest BCUT2D eigenvalue weighted by atomic mass is 16.4. The molecule has 2 aromatic heterocycles. The first-order chi connectivity index (χ1) is 14.3. The van der Waals surface area contributed by atoms with Crippen molar-refractivity contribution in [3.63, 3.8) is 0 Å². The molecule has 0 aliphatic heterocycles. The molecule has 5 rings (SSSR count). The standard InChI is InChI=1S/C21H14N2O2.2C2H6/c1-13-10-14(20-22-16-6-2-4-8-18(16)24-20)12-15(11-13)21-23-17-7-3-5-9-19(17)25-21;2*1-2/h2-12H,1H3;2*1-2H3. The molecule has 0 N–H and O–H groups in total. The van der Waals surface area contributed by atoms with Crippen LogP contribution in [-0.2, 0) is 0 Å². The van der Waals surface area contributed by atoms with Crippen molar-refractivity contribution in [1.29, 1.82) is 0 Å². The number of nitrogens with zero attached hydrogens (tertiary/aromatic N) is 2. The van der Waals surface area contributed by atoms with E-state index in [9.17, 15) is 0 Å². The number of aryl methyl sites for hydroxylation is 1. The maximum atomic E-state index is 5.90. The lowest BCUT2D eigenvalue weighted by molar-refractivity contribution is 0.617. The molecule has 29 heavy (non-hydrogen) atoms. The predicted octanol–water partition coefficient (Wildman–Crippen LogP) is 7.66. The quantitative estimate of drug-likeness (QED) is 0.312. The summed E-state index contributed by atoms with van der Waals surface area (Å²) in [5.74, 6) is 1.20. The number of oxazole rings is 2. The molecule has 0 saturated heterocycles. The van der Waals surface area contributed by atoms with Crippen molar-refractivity contribution < 1.29 is 8.83 Å². The Morgan fingerprint density at radius 2 is 1.00 bits per heavy atom. The van der Waals surface area contributed by atoms with E-state index in [2.05, 4.69) is 22.1 Å². The topological polar surface area (TPSA) is 52.1 Å². The highest BCUT2D eigenvalue weighted by Gasteiger charge is 2.13. The van der Waals surface area contributed by atoms with Gasteiger partial charge in [0, 0.05) is 11.1 Å². The van der Waals surface area contributed by atoms with E-state index in [1.165, 1.54) is 0 Å². The van der Waals surface area contributed by atoms with Gasteiger partial charge in [0.15, 0.2) is 11.2 Å². The van der Waals surface area contributed by atoms with E-state index < -0.39 is 0 Å². The molecule has 148 valence electrons. The van der Waals surface area contributed by atoms with Crippen LogP contribution < -0.4 is 0 Å². The smallest absolute Gasteiger partial charge is 0.227 e. The molecule has 0 atom stereocenters. The molecule has 0 aliphatic rings. The van der Waals surface area contributed by atoms with E-state index in [0.29, 0.717) is 11.8 Å². The summed E-state index contributed by atoms with van der Waals surface area (Å²) in [6.07, 6.45) is 0. The van der Waals surface area contributed by atoms with Crippen LogP contribution in [0.4, 0.5) is 0 Å². The van der Waals surface area contributed by atoms with E-state index in [1.807, 2.05) is 89.2 Å². The van der Waals surface area contributed by atoms with Gasteiger partial charge >= 0.3 is 0 Å². The van der Waals surface area contributed by atoms with Crippen LogP contribution in [0, 0.1) is 6.92 Å². The van der Waals surface area contributed by atoms with Gasteiger partial charge in [-0.25, -0.2) is 9.97 Å². The van der Waals surface area contributed by atoms with Gasteiger partial charge in [0.2, 0.25) is 11.8 Å². The number of hydrogen-bond donors (Lipinski definition) is 0. The number of rotatable bonds is 2. The first kappa shape index (κ1) is 20.3. The Bertz CT molecular complexity index is 1060. The number of aromatic nitrogens is 2. The molecule has 0 saturated carbocycles. The summed E-state index contributed by atoms with van der Waals surface area (Å²) in [6.45, 7) is 10.0. The van der Waals surface area contributed by atoms with E-state index >= 15 is 0 Å². The lowest BCUT2D eigenvalue weighted by Crippen LogP contribution is -1.84. The van der Waals surface area contributed by atoms with Gasteiger partial charge in [0.05, 0.1) is 0 Å². The number of benzene rings is 3. The summed E-state index contributed by atoms with van der Waals surface area (Å²) >= 11 is 0. The third kappa shape index (κ3) is 4.21. The van der Waals surface area contributed by atoms with Gasteiger partial charge in [-0.05, 0) is 55.0 Å². The van der Waals surface area contributed by atoms with Gasteiger partial charge in [-0.1, -0.05) is 52.0 Å². The average Bonchev–Trinajstić information content (AvgIpc) is 3.40. The fourth-order valence-electron chi connectivity index (χ4n) is 3.02. The highest BCUT2D eigenvalue weighted by Crippen LogP contribution is 2.31. The minimum absolute atomic E-state index is 0.599.